The molecule has 0 aromatic heterocycles. The Bertz CT molecular complexity index is 849. The van der Waals surface area contributed by atoms with Crippen LogP contribution in [0.4, 0.5) is 0 Å². The number of amides is 2. The smallest absolute Gasteiger partial charge is 0.248 e. The Morgan fingerprint density at radius 2 is 1.96 bits per heavy atom. The second kappa shape index (κ2) is 8.92. The first-order valence-corrected chi connectivity index (χ1v) is 8.08. The summed E-state index contributed by atoms with van der Waals surface area (Å²) < 4.78 is 10.4. The van der Waals surface area contributed by atoms with Gasteiger partial charge in [-0.3, -0.25) is 9.59 Å². The highest BCUT2D eigenvalue weighted by Crippen LogP contribution is 2.36. The van der Waals surface area contributed by atoms with E-state index >= 15 is 0 Å². The van der Waals surface area contributed by atoms with E-state index in [2.05, 4.69) is 5.32 Å². The first kappa shape index (κ1) is 19.3. The van der Waals surface area contributed by atoms with Gasteiger partial charge in [-0.1, -0.05) is 23.7 Å². The molecule has 0 fully saturated rings. The predicted octanol–water partition coefficient (Wildman–Crippen LogP) is 2.79. The maximum Gasteiger partial charge on any atom is 0.248 e. The number of carbonyl (C=O) groups excluding carboxylic acids is 2. The predicted molar refractivity (Wildman–Crippen MR) is 100 cm³/mol. The summed E-state index contributed by atoms with van der Waals surface area (Å²) in [5.74, 6) is 0.109. The average molecular weight is 375 g/mol. The van der Waals surface area contributed by atoms with E-state index in [1.165, 1.54) is 20.3 Å². The average Bonchev–Trinajstić information content (AvgIpc) is 2.64. The second-order valence-electron chi connectivity index (χ2n) is 5.35. The summed E-state index contributed by atoms with van der Waals surface area (Å²) in [7, 11) is 3.01. The zero-order valence-corrected chi connectivity index (χ0v) is 15.2. The van der Waals surface area contributed by atoms with Gasteiger partial charge in [0.15, 0.2) is 11.5 Å². The van der Waals surface area contributed by atoms with E-state index in [0.717, 1.165) is 5.56 Å². The number of hydrogen-bond donors (Lipinski definition) is 2. The van der Waals surface area contributed by atoms with E-state index < -0.39 is 5.91 Å². The summed E-state index contributed by atoms with van der Waals surface area (Å²) in [6.07, 6.45) is 3.00. The SMILES string of the molecule is COc1cc(/C=C/C(=O)NCc2cccc(C(N)=O)c2)cc(Cl)c1OC. The summed E-state index contributed by atoms with van der Waals surface area (Å²) in [6.45, 7) is 0.275. The van der Waals surface area contributed by atoms with Gasteiger partial charge in [0.1, 0.15) is 0 Å². The highest BCUT2D eigenvalue weighted by molar-refractivity contribution is 6.32. The molecule has 2 amide bonds. The zero-order valence-electron chi connectivity index (χ0n) is 14.4. The minimum absolute atomic E-state index is 0.275. The zero-order chi connectivity index (χ0) is 19.1. The third-order valence-electron chi connectivity index (χ3n) is 3.56. The molecular weight excluding hydrogens is 356 g/mol. The number of halogens is 1. The quantitative estimate of drug-likeness (QED) is 0.729. The van der Waals surface area contributed by atoms with Gasteiger partial charge in [0.2, 0.25) is 11.8 Å². The fourth-order valence-electron chi connectivity index (χ4n) is 2.29. The van der Waals surface area contributed by atoms with Gasteiger partial charge in [-0.15, -0.1) is 0 Å². The van der Waals surface area contributed by atoms with Crippen LogP contribution in [0.2, 0.25) is 5.02 Å². The second-order valence-corrected chi connectivity index (χ2v) is 5.76. The summed E-state index contributed by atoms with van der Waals surface area (Å²) >= 11 is 6.13. The van der Waals surface area contributed by atoms with E-state index in [0.29, 0.717) is 27.6 Å². The lowest BCUT2D eigenvalue weighted by molar-refractivity contribution is -0.116. The molecule has 0 unspecified atom stereocenters. The van der Waals surface area contributed by atoms with Crippen molar-refractivity contribution in [3.63, 3.8) is 0 Å². The lowest BCUT2D eigenvalue weighted by atomic mass is 10.1. The summed E-state index contributed by atoms with van der Waals surface area (Å²) in [4.78, 5) is 23.2. The molecule has 0 radical (unpaired) electrons. The largest absolute Gasteiger partial charge is 0.493 e. The van der Waals surface area contributed by atoms with Crippen molar-refractivity contribution >= 4 is 29.5 Å². The Kier molecular flexibility index (Phi) is 6.63. The van der Waals surface area contributed by atoms with Gasteiger partial charge >= 0.3 is 0 Å². The van der Waals surface area contributed by atoms with Gasteiger partial charge in [-0.05, 0) is 41.5 Å². The Labute approximate surface area is 156 Å². The van der Waals surface area contributed by atoms with Gasteiger partial charge in [-0.2, -0.15) is 0 Å². The van der Waals surface area contributed by atoms with Crippen molar-refractivity contribution in [2.24, 2.45) is 5.73 Å². The standard InChI is InChI=1S/C19H19ClN2O4/c1-25-16-10-12(9-15(20)18(16)26-2)6-7-17(23)22-11-13-4-3-5-14(8-13)19(21)24/h3-10H,11H2,1-2H3,(H2,21,24)(H,22,23)/b7-6+. The van der Waals surface area contributed by atoms with E-state index in [-0.39, 0.29) is 12.5 Å². The molecule has 0 saturated carbocycles. The molecule has 136 valence electrons. The fourth-order valence-corrected chi connectivity index (χ4v) is 2.58. The van der Waals surface area contributed by atoms with Gasteiger partial charge in [0.25, 0.3) is 0 Å². The van der Waals surface area contributed by atoms with E-state index in [1.54, 1.807) is 42.5 Å². The Morgan fingerprint density at radius 1 is 1.19 bits per heavy atom. The van der Waals surface area contributed by atoms with Crippen LogP contribution in [0, 0.1) is 0 Å². The molecule has 0 heterocycles. The molecule has 7 heteroatoms. The number of methoxy groups -OCH3 is 2. The Hall–Kier alpha value is -2.99. The van der Waals surface area contributed by atoms with Crippen LogP contribution in [0.3, 0.4) is 0 Å². The Morgan fingerprint density at radius 3 is 2.62 bits per heavy atom. The number of rotatable bonds is 7. The van der Waals surface area contributed by atoms with Crippen LogP contribution < -0.4 is 20.5 Å². The van der Waals surface area contributed by atoms with Crippen molar-refractivity contribution < 1.29 is 19.1 Å². The molecule has 3 N–H and O–H groups in total. The maximum atomic E-state index is 12.0. The van der Waals surface area contributed by atoms with Crippen molar-refractivity contribution in [1.82, 2.24) is 5.32 Å². The number of benzene rings is 2. The minimum Gasteiger partial charge on any atom is -0.493 e. The summed E-state index contributed by atoms with van der Waals surface area (Å²) in [5, 5.41) is 3.12. The normalized spacial score (nSPS) is 10.6. The van der Waals surface area contributed by atoms with Crippen LogP contribution in [-0.2, 0) is 11.3 Å². The van der Waals surface area contributed by atoms with Gasteiger partial charge in [0.05, 0.1) is 19.2 Å². The number of nitrogens with two attached hydrogens (primary N) is 1. The number of ether oxygens (including phenoxy) is 2. The number of primary amides is 1. The van der Waals surface area contributed by atoms with E-state index in [9.17, 15) is 9.59 Å². The first-order valence-electron chi connectivity index (χ1n) is 7.70. The molecule has 0 atom stereocenters. The molecule has 2 aromatic rings. The molecule has 0 bridgehead atoms. The van der Waals surface area contributed by atoms with Crippen LogP contribution in [0.25, 0.3) is 6.08 Å². The highest BCUT2D eigenvalue weighted by Gasteiger charge is 2.10. The third kappa shape index (κ3) is 5.00. The molecule has 2 rings (SSSR count). The van der Waals surface area contributed by atoms with Gasteiger partial charge in [-0.25, -0.2) is 0 Å². The molecular formula is C19H19ClN2O4. The van der Waals surface area contributed by atoms with Crippen LogP contribution >= 0.6 is 11.6 Å². The van der Waals surface area contributed by atoms with Crippen molar-refractivity contribution in [1.29, 1.82) is 0 Å². The maximum absolute atomic E-state index is 12.0. The molecule has 0 aliphatic rings. The van der Waals surface area contributed by atoms with Crippen LogP contribution in [0.1, 0.15) is 21.5 Å². The molecule has 6 nitrogen and oxygen atoms in total. The van der Waals surface area contributed by atoms with Gasteiger partial charge < -0.3 is 20.5 Å². The van der Waals surface area contributed by atoms with Crippen molar-refractivity contribution in [3.8, 4) is 11.5 Å². The Balaban J connectivity index is 2.02. The topological polar surface area (TPSA) is 90.6 Å². The van der Waals surface area contributed by atoms with E-state index in [1.807, 2.05) is 0 Å². The molecule has 26 heavy (non-hydrogen) atoms. The van der Waals surface area contributed by atoms with Crippen molar-refractivity contribution in [2.45, 2.75) is 6.54 Å². The highest BCUT2D eigenvalue weighted by atomic mass is 35.5. The molecule has 0 spiro atoms. The van der Waals surface area contributed by atoms with Crippen molar-refractivity contribution in [2.75, 3.05) is 14.2 Å². The number of hydrogen-bond acceptors (Lipinski definition) is 4. The van der Waals surface area contributed by atoms with Crippen LogP contribution in [-0.4, -0.2) is 26.0 Å². The van der Waals surface area contributed by atoms with Crippen LogP contribution in [0.15, 0.2) is 42.5 Å². The molecule has 0 aliphatic heterocycles. The number of carbonyl (C=O) groups is 2. The third-order valence-corrected chi connectivity index (χ3v) is 3.84. The lowest BCUT2D eigenvalue weighted by Crippen LogP contribution is -2.20. The van der Waals surface area contributed by atoms with Crippen molar-refractivity contribution in [3.05, 3.63) is 64.2 Å². The monoisotopic (exact) mass is 374 g/mol. The molecule has 2 aromatic carbocycles. The summed E-state index contributed by atoms with van der Waals surface area (Å²) in [6, 6.07) is 10.1. The summed E-state index contributed by atoms with van der Waals surface area (Å²) in [5.41, 5.74) is 7.10. The van der Waals surface area contributed by atoms with Gasteiger partial charge in [0, 0.05) is 18.2 Å². The minimum atomic E-state index is -0.511. The first-order chi connectivity index (χ1) is 12.4. The van der Waals surface area contributed by atoms with Crippen LogP contribution in [0.5, 0.6) is 11.5 Å². The number of nitrogens with one attached hydrogen (secondary N) is 1. The van der Waals surface area contributed by atoms with E-state index in [4.69, 9.17) is 26.8 Å². The molecule has 0 saturated heterocycles. The molecule has 0 aliphatic carbocycles. The fraction of sp³-hybridized carbons (Fsp3) is 0.158. The lowest BCUT2D eigenvalue weighted by Gasteiger charge is -2.10.